The van der Waals surface area contributed by atoms with E-state index in [9.17, 15) is 27.7 Å². The van der Waals surface area contributed by atoms with E-state index in [2.05, 4.69) is 5.32 Å². The van der Waals surface area contributed by atoms with Crippen LogP contribution in [0.25, 0.3) is 0 Å². The molecular weight excluding hydrogens is 376 g/mol. The fourth-order valence-corrected chi connectivity index (χ4v) is 3.59. The van der Waals surface area contributed by atoms with Crippen LogP contribution in [-0.4, -0.2) is 54.0 Å². The number of anilines is 2. The fraction of sp³-hybridized carbons (Fsp3) is 0.176. The predicted octanol–water partition coefficient (Wildman–Crippen LogP) is 0.0560. The molecule has 1 aliphatic rings. The molecule has 0 fully saturated rings. The third-order valence-electron chi connectivity index (χ3n) is 4.22. The number of fused-ring (bicyclic) bond motifs is 2. The van der Waals surface area contributed by atoms with Gasteiger partial charge in [0.25, 0.3) is 10.1 Å². The summed E-state index contributed by atoms with van der Waals surface area (Å²) in [5.41, 5.74) is 4.88. The normalized spacial score (nSPS) is 14.5. The molecule has 3 rings (SSSR count). The second-order valence-corrected chi connectivity index (χ2v) is 7.37. The summed E-state index contributed by atoms with van der Waals surface area (Å²) in [5, 5.41) is 21.1. The number of ketones is 2. The number of nitrogen functional groups attached to an aromatic ring is 1. The highest BCUT2D eigenvalue weighted by Crippen LogP contribution is 2.38. The minimum atomic E-state index is -4.79. The molecule has 27 heavy (non-hydrogen) atoms. The molecule has 6 N–H and O–H groups in total. The number of nitrogens with one attached hydrogen (secondary N) is 1. The van der Waals surface area contributed by atoms with Gasteiger partial charge in [0.15, 0.2) is 11.6 Å². The van der Waals surface area contributed by atoms with Crippen molar-refractivity contribution in [3.63, 3.8) is 0 Å². The molecule has 142 valence electrons. The summed E-state index contributed by atoms with van der Waals surface area (Å²) in [5.74, 6) is -1.22. The molecule has 0 aliphatic heterocycles. The van der Waals surface area contributed by atoms with Crippen molar-refractivity contribution in [2.45, 2.75) is 11.0 Å². The van der Waals surface area contributed by atoms with Gasteiger partial charge in [-0.1, -0.05) is 24.3 Å². The Labute approximate surface area is 154 Å². The molecule has 1 aliphatic carbocycles. The number of hydrogen-bond acceptors (Lipinski definition) is 8. The first-order valence-corrected chi connectivity index (χ1v) is 9.26. The lowest BCUT2D eigenvalue weighted by atomic mass is 9.82. The van der Waals surface area contributed by atoms with Crippen molar-refractivity contribution < 1.29 is 32.8 Å². The van der Waals surface area contributed by atoms with Gasteiger partial charge in [-0.25, -0.2) is 0 Å². The summed E-state index contributed by atoms with van der Waals surface area (Å²) >= 11 is 0. The Morgan fingerprint density at radius 2 is 1.63 bits per heavy atom. The lowest BCUT2D eigenvalue weighted by molar-refractivity contribution is 0.0979. The van der Waals surface area contributed by atoms with E-state index in [0.29, 0.717) is 0 Å². The van der Waals surface area contributed by atoms with Gasteiger partial charge in [-0.2, -0.15) is 8.42 Å². The summed E-state index contributed by atoms with van der Waals surface area (Å²) in [7, 11) is -4.79. The number of carbonyl (C=O) groups is 2. The number of benzene rings is 2. The van der Waals surface area contributed by atoms with E-state index in [1.54, 1.807) is 12.1 Å². The maximum atomic E-state index is 12.9. The van der Waals surface area contributed by atoms with Crippen LogP contribution in [0.2, 0.25) is 0 Å². The van der Waals surface area contributed by atoms with E-state index < -0.39 is 45.0 Å². The van der Waals surface area contributed by atoms with Crippen molar-refractivity contribution in [2.24, 2.45) is 0 Å². The average Bonchev–Trinajstić information content (AvgIpc) is 2.63. The number of carbonyl (C=O) groups excluding carboxylic acids is 2. The molecule has 9 nitrogen and oxygen atoms in total. The van der Waals surface area contributed by atoms with Crippen LogP contribution in [0.3, 0.4) is 0 Å². The molecule has 0 heterocycles. The minimum Gasteiger partial charge on any atom is -0.397 e. The average molecular weight is 392 g/mol. The van der Waals surface area contributed by atoms with Gasteiger partial charge in [-0.05, 0) is 6.07 Å². The largest absolute Gasteiger partial charge is 0.397 e. The third kappa shape index (κ3) is 3.19. The number of aliphatic hydroxyl groups excluding tert-OH is 2. The second kappa shape index (κ2) is 6.74. The first kappa shape index (κ1) is 19.0. The van der Waals surface area contributed by atoms with Crippen molar-refractivity contribution in [3.05, 3.63) is 52.6 Å². The highest BCUT2D eigenvalue weighted by molar-refractivity contribution is 7.86. The quantitative estimate of drug-likeness (QED) is 0.298. The Morgan fingerprint density at radius 3 is 2.15 bits per heavy atom. The van der Waals surface area contributed by atoms with E-state index in [1.165, 1.54) is 12.1 Å². The first-order chi connectivity index (χ1) is 12.7. The lowest BCUT2D eigenvalue weighted by Gasteiger charge is -2.24. The smallest absolute Gasteiger partial charge is 0.296 e. The second-order valence-electron chi connectivity index (χ2n) is 5.98. The Kier molecular flexibility index (Phi) is 4.74. The summed E-state index contributed by atoms with van der Waals surface area (Å²) in [6.45, 7) is -0.814. The van der Waals surface area contributed by atoms with Crippen LogP contribution in [0.5, 0.6) is 0 Å². The van der Waals surface area contributed by atoms with E-state index >= 15 is 0 Å². The molecule has 0 radical (unpaired) electrons. The predicted molar refractivity (Wildman–Crippen MR) is 95.6 cm³/mol. The SMILES string of the molecule is Nc1c(S(=O)(=O)O)cc(NCC(O)CO)c2c1C(=O)c1ccccc1C2=O. The van der Waals surface area contributed by atoms with Crippen LogP contribution >= 0.6 is 0 Å². The minimum absolute atomic E-state index is 0.0653. The molecule has 0 saturated heterocycles. The van der Waals surface area contributed by atoms with Crippen LogP contribution in [0.4, 0.5) is 11.4 Å². The number of aliphatic hydroxyl groups is 2. The Bertz CT molecular complexity index is 1060. The topological polar surface area (TPSA) is 167 Å². The van der Waals surface area contributed by atoms with Crippen LogP contribution in [0, 0.1) is 0 Å². The Balaban J connectivity index is 2.29. The molecular formula is C17H16N2O7S. The Hall–Kier alpha value is -2.79. The number of rotatable bonds is 5. The van der Waals surface area contributed by atoms with Crippen LogP contribution in [0.15, 0.2) is 35.2 Å². The lowest BCUT2D eigenvalue weighted by Crippen LogP contribution is -2.28. The van der Waals surface area contributed by atoms with Gasteiger partial charge in [-0.3, -0.25) is 14.1 Å². The van der Waals surface area contributed by atoms with Gasteiger partial charge < -0.3 is 21.3 Å². The number of nitrogens with two attached hydrogens (primary N) is 1. The third-order valence-corrected chi connectivity index (χ3v) is 5.11. The highest BCUT2D eigenvalue weighted by atomic mass is 32.2. The number of hydrogen-bond donors (Lipinski definition) is 5. The van der Waals surface area contributed by atoms with Gasteiger partial charge in [-0.15, -0.1) is 0 Å². The van der Waals surface area contributed by atoms with Gasteiger partial charge in [0.05, 0.1) is 29.5 Å². The first-order valence-electron chi connectivity index (χ1n) is 7.82. The molecule has 1 atom stereocenters. The van der Waals surface area contributed by atoms with Gasteiger partial charge in [0, 0.05) is 23.4 Å². The molecule has 0 bridgehead atoms. The van der Waals surface area contributed by atoms with E-state index in [4.69, 9.17) is 10.8 Å². The van der Waals surface area contributed by atoms with Crippen LogP contribution in [0.1, 0.15) is 31.8 Å². The van der Waals surface area contributed by atoms with Crippen molar-refractivity contribution >= 4 is 33.1 Å². The van der Waals surface area contributed by atoms with Gasteiger partial charge in [0.2, 0.25) is 0 Å². The molecule has 0 saturated carbocycles. The van der Waals surface area contributed by atoms with Crippen LogP contribution < -0.4 is 11.1 Å². The fourth-order valence-electron chi connectivity index (χ4n) is 2.94. The van der Waals surface area contributed by atoms with E-state index in [-0.39, 0.29) is 34.5 Å². The zero-order valence-corrected chi connectivity index (χ0v) is 14.7. The summed E-state index contributed by atoms with van der Waals surface area (Å²) in [6.07, 6.45) is -1.20. The molecule has 10 heteroatoms. The van der Waals surface area contributed by atoms with Crippen molar-refractivity contribution in [1.29, 1.82) is 0 Å². The van der Waals surface area contributed by atoms with Gasteiger partial charge >= 0.3 is 0 Å². The summed E-state index contributed by atoms with van der Waals surface area (Å²) < 4.78 is 32.8. The maximum absolute atomic E-state index is 12.9. The zero-order valence-electron chi connectivity index (χ0n) is 13.8. The summed E-state index contributed by atoms with van der Waals surface area (Å²) in [6, 6.07) is 6.92. The Morgan fingerprint density at radius 1 is 1.07 bits per heavy atom. The van der Waals surface area contributed by atoms with Crippen molar-refractivity contribution in [2.75, 3.05) is 24.2 Å². The maximum Gasteiger partial charge on any atom is 0.296 e. The highest BCUT2D eigenvalue weighted by Gasteiger charge is 2.36. The molecule has 2 aromatic carbocycles. The summed E-state index contributed by atoms with van der Waals surface area (Å²) in [4.78, 5) is 25.1. The van der Waals surface area contributed by atoms with Crippen molar-refractivity contribution in [1.82, 2.24) is 0 Å². The molecule has 0 amide bonds. The van der Waals surface area contributed by atoms with Crippen molar-refractivity contribution in [3.8, 4) is 0 Å². The standard InChI is InChI=1S/C17H16N2O7S/c18-15-12(27(24,25)26)5-11(19-6-8(21)7-20)13-14(15)17(23)10-4-2-1-3-9(10)16(13)22/h1-5,8,19-21H,6-7,18H2,(H,24,25,26). The van der Waals surface area contributed by atoms with Gasteiger partial charge in [0.1, 0.15) is 4.90 Å². The van der Waals surface area contributed by atoms with Crippen LogP contribution in [-0.2, 0) is 10.1 Å². The molecule has 0 aromatic heterocycles. The van der Waals surface area contributed by atoms with E-state index in [1.807, 2.05) is 0 Å². The zero-order chi connectivity index (χ0) is 19.9. The monoisotopic (exact) mass is 392 g/mol. The molecule has 1 unspecified atom stereocenters. The molecule has 2 aromatic rings. The van der Waals surface area contributed by atoms with E-state index in [0.717, 1.165) is 6.07 Å². The molecule has 0 spiro atoms.